The van der Waals surface area contributed by atoms with Crippen LogP contribution in [0.2, 0.25) is 0 Å². The minimum Gasteiger partial charge on any atom is -0.310 e. The molecule has 0 spiro atoms. The van der Waals surface area contributed by atoms with Crippen LogP contribution in [-0.2, 0) is 0 Å². The zero-order valence-electron chi connectivity index (χ0n) is 11.0. The van der Waals surface area contributed by atoms with E-state index >= 15 is 0 Å². The molecule has 3 rings (SSSR count). The van der Waals surface area contributed by atoms with Gasteiger partial charge in [-0.2, -0.15) is 11.8 Å². The number of hydrogen-bond donors (Lipinski definition) is 1. The SMILES string of the molecule is CSC1CCCC1N1CCCC(NC2CC2)C1. The number of likely N-dealkylation sites (tertiary alicyclic amines) is 1. The molecule has 17 heavy (non-hydrogen) atoms. The number of nitrogens with one attached hydrogen (secondary N) is 1. The fourth-order valence-electron chi connectivity index (χ4n) is 3.63. The number of thioether (sulfide) groups is 1. The lowest BCUT2D eigenvalue weighted by atomic mass is 10.0. The predicted molar refractivity (Wildman–Crippen MR) is 75.7 cm³/mol. The Morgan fingerprint density at radius 2 is 1.88 bits per heavy atom. The van der Waals surface area contributed by atoms with Gasteiger partial charge in [0.2, 0.25) is 0 Å². The van der Waals surface area contributed by atoms with Gasteiger partial charge in [0, 0.05) is 29.9 Å². The van der Waals surface area contributed by atoms with Crippen molar-refractivity contribution in [3.63, 3.8) is 0 Å². The Bertz CT molecular complexity index is 255. The van der Waals surface area contributed by atoms with E-state index < -0.39 is 0 Å². The summed E-state index contributed by atoms with van der Waals surface area (Å²) < 4.78 is 0. The van der Waals surface area contributed by atoms with Crippen LogP contribution < -0.4 is 5.32 Å². The van der Waals surface area contributed by atoms with Crippen molar-refractivity contribution in [3.05, 3.63) is 0 Å². The maximum Gasteiger partial charge on any atom is 0.0215 e. The fraction of sp³-hybridized carbons (Fsp3) is 1.00. The van der Waals surface area contributed by atoms with Crippen molar-refractivity contribution in [2.45, 2.75) is 68.3 Å². The summed E-state index contributed by atoms with van der Waals surface area (Å²) in [6, 6.07) is 2.55. The monoisotopic (exact) mass is 254 g/mol. The second kappa shape index (κ2) is 5.50. The highest BCUT2D eigenvalue weighted by molar-refractivity contribution is 7.99. The van der Waals surface area contributed by atoms with E-state index in [0.717, 1.165) is 23.4 Å². The highest BCUT2D eigenvalue weighted by Crippen LogP contribution is 2.33. The van der Waals surface area contributed by atoms with Crippen molar-refractivity contribution >= 4 is 11.8 Å². The second-order valence-electron chi connectivity index (χ2n) is 6.05. The van der Waals surface area contributed by atoms with Gasteiger partial charge in [-0.05, 0) is 51.3 Å². The van der Waals surface area contributed by atoms with E-state index in [1.165, 1.54) is 58.0 Å². The third-order valence-electron chi connectivity index (χ3n) is 4.69. The van der Waals surface area contributed by atoms with E-state index in [-0.39, 0.29) is 0 Å². The molecule has 0 aromatic carbocycles. The van der Waals surface area contributed by atoms with Crippen molar-refractivity contribution in [1.82, 2.24) is 10.2 Å². The van der Waals surface area contributed by atoms with E-state index in [4.69, 9.17) is 0 Å². The van der Waals surface area contributed by atoms with Gasteiger partial charge < -0.3 is 5.32 Å². The van der Waals surface area contributed by atoms with Crippen molar-refractivity contribution in [3.8, 4) is 0 Å². The molecule has 2 aliphatic carbocycles. The summed E-state index contributed by atoms with van der Waals surface area (Å²) in [5.41, 5.74) is 0. The smallest absolute Gasteiger partial charge is 0.0215 e. The minimum atomic E-state index is 0.791. The first-order valence-electron chi connectivity index (χ1n) is 7.39. The molecular formula is C14H26N2S. The summed E-state index contributed by atoms with van der Waals surface area (Å²) in [6.45, 7) is 2.67. The van der Waals surface area contributed by atoms with E-state index in [1.807, 2.05) is 0 Å². The van der Waals surface area contributed by atoms with Gasteiger partial charge in [-0.15, -0.1) is 0 Å². The lowest BCUT2D eigenvalue weighted by molar-refractivity contribution is 0.140. The van der Waals surface area contributed by atoms with Crippen LogP contribution in [0.3, 0.4) is 0 Å². The Balaban J connectivity index is 1.54. The van der Waals surface area contributed by atoms with Crippen LogP contribution in [0.25, 0.3) is 0 Å². The van der Waals surface area contributed by atoms with Gasteiger partial charge >= 0.3 is 0 Å². The molecule has 2 saturated carbocycles. The molecule has 1 N–H and O–H groups in total. The maximum atomic E-state index is 3.83. The average Bonchev–Trinajstić information content (AvgIpc) is 3.04. The van der Waals surface area contributed by atoms with Gasteiger partial charge in [0.15, 0.2) is 0 Å². The molecule has 3 aliphatic rings. The Kier molecular flexibility index (Phi) is 3.98. The van der Waals surface area contributed by atoms with Gasteiger partial charge in [-0.1, -0.05) is 6.42 Å². The van der Waals surface area contributed by atoms with Crippen molar-refractivity contribution < 1.29 is 0 Å². The Labute approximate surface area is 110 Å². The minimum absolute atomic E-state index is 0.791. The zero-order valence-corrected chi connectivity index (χ0v) is 11.8. The molecule has 0 amide bonds. The van der Waals surface area contributed by atoms with Gasteiger partial charge in [0.1, 0.15) is 0 Å². The zero-order chi connectivity index (χ0) is 11.7. The summed E-state index contributed by atoms with van der Waals surface area (Å²) in [4.78, 5) is 2.80. The first-order chi connectivity index (χ1) is 8.36. The lowest BCUT2D eigenvalue weighted by Gasteiger charge is -2.39. The van der Waals surface area contributed by atoms with Crippen molar-refractivity contribution in [1.29, 1.82) is 0 Å². The first-order valence-corrected chi connectivity index (χ1v) is 8.68. The summed E-state index contributed by atoms with van der Waals surface area (Å²) in [5.74, 6) is 0. The number of piperidine rings is 1. The molecule has 98 valence electrons. The topological polar surface area (TPSA) is 15.3 Å². The Morgan fingerprint density at radius 3 is 2.65 bits per heavy atom. The summed E-state index contributed by atoms with van der Waals surface area (Å²) in [7, 11) is 0. The van der Waals surface area contributed by atoms with Gasteiger partial charge in [-0.25, -0.2) is 0 Å². The normalized spacial score (nSPS) is 39.7. The number of rotatable bonds is 4. The maximum absolute atomic E-state index is 3.83. The highest BCUT2D eigenvalue weighted by Gasteiger charge is 2.35. The van der Waals surface area contributed by atoms with E-state index in [9.17, 15) is 0 Å². The molecule has 0 aromatic heterocycles. The van der Waals surface area contributed by atoms with Crippen LogP contribution in [0, 0.1) is 0 Å². The molecule has 3 heteroatoms. The molecule has 2 nitrogen and oxygen atoms in total. The summed E-state index contributed by atoms with van der Waals surface area (Å²) in [6.07, 6.45) is 12.3. The lowest BCUT2D eigenvalue weighted by Crippen LogP contribution is -2.51. The molecule has 0 bridgehead atoms. The third-order valence-corrected chi connectivity index (χ3v) is 5.85. The first kappa shape index (κ1) is 12.3. The van der Waals surface area contributed by atoms with Crippen LogP contribution in [-0.4, -0.2) is 47.6 Å². The van der Waals surface area contributed by atoms with E-state index in [0.29, 0.717) is 0 Å². The van der Waals surface area contributed by atoms with Crippen LogP contribution in [0.1, 0.15) is 44.9 Å². The van der Waals surface area contributed by atoms with Crippen molar-refractivity contribution in [2.24, 2.45) is 0 Å². The van der Waals surface area contributed by atoms with Crippen LogP contribution in [0.15, 0.2) is 0 Å². The van der Waals surface area contributed by atoms with Crippen LogP contribution >= 0.6 is 11.8 Å². The Hall–Kier alpha value is 0.270. The van der Waals surface area contributed by atoms with Crippen LogP contribution in [0.4, 0.5) is 0 Å². The summed E-state index contributed by atoms with van der Waals surface area (Å²) >= 11 is 2.10. The van der Waals surface area contributed by atoms with Crippen molar-refractivity contribution in [2.75, 3.05) is 19.3 Å². The van der Waals surface area contributed by atoms with Crippen LogP contribution in [0.5, 0.6) is 0 Å². The van der Waals surface area contributed by atoms with Gasteiger partial charge in [-0.3, -0.25) is 4.90 Å². The Morgan fingerprint density at radius 1 is 1.00 bits per heavy atom. The largest absolute Gasteiger partial charge is 0.310 e. The van der Waals surface area contributed by atoms with E-state index in [1.54, 1.807) is 0 Å². The summed E-state index contributed by atoms with van der Waals surface area (Å²) in [5, 5.41) is 4.74. The molecular weight excluding hydrogens is 228 g/mol. The van der Waals surface area contributed by atoms with E-state index in [2.05, 4.69) is 28.2 Å². The predicted octanol–water partition coefficient (Wildman–Crippen LogP) is 2.49. The fourth-order valence-corrected chi connectivity index (χ4v) is 4.65. The molecule has 3 atom stereocenters. The third kappa shape index (κ3) is 2.99. The molecule has 1 saturated heterocycles. The standard InChI is InChI=1S/C14H26N2S/c1-17-14-6-2-5-13(14)16-9-3-4-12(10-16)15-11-7-8-11/h11-15H,2-10H2,1H3. The number of hydrogen-bond acceptors (Lipinski definition) is 3. The highest BCUT2D eigenvalue weighted by atomic mass is 32.2. The average molecular weight is 254 g/mol. The molecule has 0 radical (unpaired) electrons. The molecule has 0 aromatic rings. The molecule has 3 unspecified atom stereocenters. The second-order valence-corrected chi connectivity index (χ2v) is 7.12. The molecule has 1 heterocycles. The molecule has 3 fully saturated rings. The quantitative estimate of drug-likeness (QED) is 0.830. The van der Waals surface area contributed by atoms with Gasteiger partial charge in [0.05, 0.1) is 0 Å². The number of nitrogens with zero attached hydrogens (tertiary/aromatic N) is 1. The molecule has 1 aliphatic heterocycles. The van der Waals surface area contributed by atoms with Gasteiger partial charge in [0.25, 0.3) is 0 Å².